The lowest BCUT2D eigenvalue weighted by Crippen LogP contribution is -2.09. The maximum absolute atomic E-state index is 11.1. The van der Waals surface area contributed by atoms with Crippen LogP contribution in [0.15, 0.2) is 41.0 Å². The highest BCUT2D eigenvalue weighted by atomic mass is 79.9. The summed E-state index contributed by atoms with van der Waals surface area (Å²) in [6, 6.07) is 9.66. The van der Waals surface area contributed by atoms with Crippen molar-refractivity contribution >= 4 is 44.8 Å². The first-order valence-corrected chi connectivity index (χ1v) is 7.58. The monoisotopic (exact) mass is 367 g/mol. The minimum Gasteiger partial charge on any atom is -0.377 e. The number of anilines is 2. The maximum Gasteiger partial charge on any atom is 0.221 e. The first kappa shape index (κ1) is 15.8. The Hall–Kier alpha value is -1.59. The molecule has 2 aromatic rings. The van der Waals surface area contributed by atoms with Crippen LogP contribution < -0.4 is 10.6 Å². The molecule has 21 heavy (non-hydrogen) atoms. The molecule has 0 bridgehead atoms. The van der Waals surface area contributed by atoms with E-state index in [9.17, 15) is 4.79 Å². The van der Waals surface area contributed by atoms with E-state index >= 15 is 0 Å². The van der Waals surface area contributed by atoms with Gasteiger partial charge in [-0.25, -0.2) is 4.98 Å². The van der Waals surface area contributed by atoms with Gasteiger partial charge in [-0.05, 0) is 46.6 Å². The van der Waals surface area contributed by atoms with Gasteiger partial charge < -0.3 is 10.6 Å². The third-order valence-electron chi connectivity index (χ3n) is 2.89. The molecule has 1 atom stereocenters. The van der Waals surface area contributed by atoms with Crippen LogP contribution in [0.3, 0.4) is 0 Å². The molecule has 1 heterocycles. The van der Waals surface area contributed by atoms with Crippen LogP contribution in [-0.4, -0.2) is 10.9 Å². The molecule has 1 amide bonds. The van der Waals surface area contributed by atoms with Gasteiger partial charge >= 0.3 is 0 Å². The number of rotatable bonds is 4. The highest BCUT2D eigenvalue weighted by Crippen LogP contribution is 2.26. The number of aromatic nitrogens is 1. The van der Waals surface area contributed by atoms with Crippen molar-refractivity contribution in [3.8, 4) is 0 Å². The molecule has 2 N–H and O–H groups in total. The van der Waals surface area contributed by atoms with E-state index in [1.54, 1.807) is 6.20 Å². The van der Waals surface area contributed by atoms with Gasteiger partial charge in [-0.3, -0.25) is 4.79 Å². The number of nitrogens with zero attached hydrogens (tertiary/aromatic N) is 1. The minimum absolute atomic E-state index is 0.0635. The molecule has 0 saturated heterocycles. The van der Waals surface area contributed by atoms with E-state index in [4.69, 9.17) is 11.6 Å². The summed E-state index contributed by atoms with van der Waals surface area (Å²) in [4.78, 5) is 15.2. The summed E-state index contributed by atoms with van der Waals surface area (Å²) >= 11 is 9.23. The van der Waals surface area contributed by atoms with Crippen LogP contribution in [0, 0.1) is 0 Å². The molecule has 1 aromatic heterocycles. The summed E-state index contributed by atoms with van der Waals surface area (Å²) in [5.74, 6) is -0.0846. The van der Waals surface area contributed by atoms with Crippen LogP contribution in [0.1, 0.15) is 25.5 Å². The Morgan fingerprint density at radius 3 is 2.76 bits per heavy atom. The van der Waals surface area contributed by atoms with Gasteiger partial charge in [-0.15, -0.1) is 0 Å². The molecule has 0 aliphatic rings. The predicted octanol–water partition coefficient (Wildman–Crippen LogP) is 4.63. The van der Waals surface area contributed by atoms with E-state index in [-0.39, 0.29) is 11.9 Å². The molecule has 1 aromatic carbocycles. The average molecular weight is 369 g/mol. The van der Waals surface area contributed by atoms with Crippen molar-refractivity contribution in [2.75, 3.05) is 10.6 Å². The first-order valence-electron chi connectivity index (χ1n) is 6.41. The summed E-state index contributed by atoms with van der Waals surface area (Å²) in [5.41, 5.74) is 2.71. The number of benzene rings is 1. The average Bonchev–Trinajstić information content (AvgIpc) is 2.42. The predicted molar refractivity (Wildman–Crippen MR) is 89.7 cm³/mol. The number of hydrogen-bond acceptors (Lipinski definition) is 3. The fourth-order valence-electron chi connectivity index (χ4n) is 1.92. The molecule has 4 nitrogen and oxygen atoms in total. The number of pyridine rings is 1. The number of halogens is 2. The summed E-state index contributed by atoms with van der Waals surface area (Å²) in [6.07, 6.45) is 1.68. The van der Waals surface area contributed by atoms with Crippen molar-refractivity contribution in [2.24, 2.45) is 0 Å². The van der Waals surface area contributed by atoms with Gasteiger partial charge in [0.2, 0.25) is 5.91 Å². The molecular formula is C15H15BrClN3O. The largest absolute Gasteiger partial charge is 0.377 e. The lowest BCUT2D eigenvalue weighted by Gasteiger charge is -2.17. The number of carbonyl (C=O) groups is 1. The van der Waals surface area contributed by atoms with E-state index in [1.165, 1.54) is 6.92 Å². The molecule has 0 aliphatic heterocycles. The molecule has 0 aliphatic carbocycles. The highest BCUT2D eigenvalue weighted by molar-refractivity contribution is 9.10. The van der Waals surface area contributed by atoms with Gasteiger partial charge in [0.1, 0.15) is 5.15 Å². The number of amides is 1. The van der Waals surface area contributed by atoms with Crippen LogP contribution >= 0.6 is 27.5 Å². The molecule has 0 fully saturated rings. The van der Waals surface area contributed by atoms with Crippen LogP contribution in [0.2, 0.25) is 5.15 Å². The van der Waals surface area contributed by atoms with Crippen molar-refractivity contribution in [3.63, 3.8) is 0 Å². The smallest absolute Gasteiger partial charge is 0.221 e. The minimum atomic E-state index is -0.0846. The maximum atomic E-state index is 11.1. The molecule has 0 saturated carbocycles. The van der Waals surface area contributed by atoms with Crippen LogP contribution in [0.25, 0.3) is 0 Å². The zero-order valence-corrected chi connectivity index (χ0v) is 14.0. The molecule has 1 unspecified atom stereocenters. The van der Waals surface area contributed by atoms with Gasteiger partial charge in [0.25, 0.3) is 0 Å². The normalized spacial score (nSPS) is 11.8. The molecular weight excluding hydrogens is 354 g/mol. The number of hydrogen-bond donors (Lipinski definition) is 2. The quantitative estimate of drug-likeness (QED) is 0.774. The Morgan fingerprint density at radius 1 is 1.33 bits per heavy atom. The SMILES string of the molecule is CC(=O)Nc1cccc(C(C)Nc2cnc(Cl)c(Br)c2)c1. The van der Waals surface area contributed by atoms with Crippen molar-refractivity contribution < 1.29 is 4.79 Å². The molecule has 0 spiro atoms. The second kappa shape index (κ2) is 6.91. The highest BCUT2D eigenvalue weighted by Gasteiger charge is 2.08. The summed E-state index contributed by atoms with van der Waals surface area (Å²) in [6.45, 7) is 3.53. The van der Waals surface area contributed by atoms with E-state index < -0.39 is 0 Å². The van der Waals surface area contributed by atoms with Crippen LogP contribution in [0.4, 0.5) is 11.4 Å². The van der Waals surface area contributed by atoms with Crippen molar-refractivity contribution in [2.45, 2.75) is 19.9 Å². The van der Waals surface area contributed by atoms with Gasteiger partial charge in [0, 0.05) is 18.7 Å². The van der Waals surface area contributed by atoms with Gasteiger partial charge in [-0.2, -0.15) is 0 Å². The van der Waals surface area contributed by atoms with Crippen molar-refractivity contribution in [1.82, 2.24) is 4.98 Å². The number of carbonyl (C=O) groups excluding carboxylic acids is 1. The third-order valence-corrected chi connectivity index (χ3v) is 4.02. The first-order chi connectivity index (χ1) is 9.95. The molecule has 0 radical (unpaired) electrons. The van der Waals surface area contributed by atoms with Crippen LogP contribution in [0.5, 0.6) is 0 Å². The summed E-state index contributed by atoms with van der Waals surface area (Å²) in [5, 5.41) is 6.55. The third kappa shape index (κ3) is 4.44. The van der Waals surface area contributed by atoms with E-state index in [2.05, 4.69) is 31.5 Å². The molecule has 6 heteroatoms. The van der Waals surface area contributed by atoms with Gasteiger partial charge in [0.05, 0.1) is 16.4 Å². The number of nitrogens with one attached hydrogen (secondary N) is 2. The second-order valence-corrected chi connectivity index (χ2v) is 5.88. The van der Waals surface area contributed by atoms with Gasteiger partial charge in [-0.1, -0.05) is 23.7 Å². The Morgan fingerprint density at radius 2 is 2.10 bits per heavy atom. The lowest BCUT2D eigenvalue weighted by atomic mass is 10.1. The Labute approximate surface area is 137 Å². The summed E-state index contributed by atoms with van der Waals surface area (Å²) in [7, 11) is 0. The van der Waals surface area contributed by atoms with E-state index in [0.717, 1.165) is 21.4 Å². The lowest BCUT2D eigenvalue weighted by molar-refractivity contribution is -0.114. The van der Waals surface area contributed by atoms with Crippen molar-refractivity contribution in [3.05, 3.63) is 51.7 Å². The standard InChI is InChI=1S/C15H15BrClN3O/c1-9(19-13-7-14(16)15(17)18-8-13)11-4-3-5-12(6-11)20-10(2)21/h3-9,19H,1-2H3,(H,20,21). The zero-order chi connectivity index (χ0) is 15.4. The van der Waals surface area contributed by atoms with Gasteiger partial charge in [0.15, 0.2) is 0 Å². The Balaban J connectivity index is 2.14. The van der Waals surface area contributed by atoms with Crippen molar-refractivity contribution in [1.29, 1.82) is 0 Å². The molecule has 110 valence electrons. The Kier molecular flexibility index (Phi) is 5.20. The fourth-order valence-corrected chi connectivity index (χ4v) is 2.37. The van der Waals surface area contributed by atoms with Crippen LogP contribution in [-0.2, 0) is 4.79 Å². The fraction of sp³-hybridized carbons (Fsp3) is 0.200. The Bertz CT molecular complexity index is 663. The molecule has 2 rings (SSSR count). The van der Waals surface area contributed by atoms with E-state index in [0.29, 0.717) is 5.15 Å². The van der Waals surface area contributed by atoms with E-state index in [1.807, 2.05) is 37.3 Å². The zero-order valence-electron chi connectivity index (χ0n) is 11.7. The summed E-state index contributed by atoms with van der Waals surface area (Å²) < 4.78 is 0.744. The topological polar surface area (TPSA) is 54.0 Å². The second-order valence-electron chi connectivity index (χ2n) is 4.67.